The summed E-state index contributed by atoms with van der Waals surface area (Å²) in [6.45, 7) is 7.57. The Hall–Kier alpha value is -2.64. The number of amides is 1. The highest BCUT2D eigenvalue weighted by atomic mass is 16.6. The molecule has 1 aliphatic rings. The number of nitro groups is 1. The van der Waals surface area contributed by atoms with Crippen molar-refractivity contribution in [3.8, 4) is 0 Å². The number of hydrogen-bond donors (Lipinski definition) is 0. The molecule has 0 saturated carbocycles. The highest BCUT2D eigenvalue weighted by molar-refractivity contribution is 5.81. The van der Waals surface area contributed by atoms with Crippen molar-refractivity contribution >= 4 is 22.7 Å². The first kappa shape index (κ1) is 18.2. The van der Waals surface area contributed by atoms with Crippen LogP contribution in [0.2, 0.25) is 0 Å². The fourth-order valence-corrected chi connectivity index (χ4v) is 3.19. The maximum absolute atomic E-state index is 12.1. The van der Waals surface area contributed by atoms with Gasteiger partial charge in [0.05, 0.1) is 16.6 Å². The molecule has 0 unspecified atom stereocenters. The smallest absolute Gasteiger partial charge is 0.410 e. The molecule has 2 aromatic rings. The average Bonchev–Trinajstić information content (AvgIpc) is 2.96. The molecule has 0 aliphatic carbocycles. The molecule has 1 aromatic carbocycles. The van der Waals surface area contributed by atoms with Gasteiger partial charge in [0.15, 0.2) is 0 Å². The quantitative estimate of drug-likeness (QED) is 0.616. The summed E-state index contributed by atoms with van der Waals surface area (Å²) in [6, 6.07) is 4.79. The molecule has 1 saturated heterocycles. The maximum atomic E-state index is 12.1. The number of aromatic nitrogens is 2. The van der Waals surface area contributed by atoms with E-state index < -0.39 is 10.5 Å². The van der Waals surface area contributed by atoms with Crippen LogP contribution < -0.4 is 0 Å². The maximum Gasteiger partial charge on any atom is 0.410 e. The largest absolute Gasteiger partial charge is 0.444 e. The number of hydrogen-bond acceptors (Lipinski definition) is 5. The first-order valence-electron chi connectivity index (χ1n) is 8.81. The summed E-state index contributed by atoms with van der Waals surface area (Å²) in [6.07, 6.45) is 3.18. The van der Waals surface area contributed by atoms with Gasteiger partial charge in [-0.1, -0.05) is 0 Å². The molecular weight excluding hydrogens is 336 g/mol. The second-order valence-corrected chi connectivity index (χ2v) is 7.74. The van der Waals surface area contributed by atoms with Crippen molar-refractivity contribution < 1.29 is 14.5 Å². The minimum Gasteiger partial charge on any atom is -0.444 e. The summed E-state index contributed by atoms with van der Waals surface area (Å²) in [7, 11) is 0. The van der Waals surface area contributed by atoms with E-state index in [9.17, 15) is 14.9 Å². The van der Waals surface area contributed by atoms with Gasteiger partial charge in [-0.05, 0) is 45.6 Å². The van der Waals surface area contributed by atoms with Gasteiger partial charge in [-0.3, -0.25) is 14.8 Å². The molecule has 1 aliphatic heterocycles. The normalized spacial score (nSPS) is 16.0. The summed E-state index contributed by atoms with van der Waals surface area (Å²) in [5.74, 6) is 0.371. The molecule has 3 rings (SSSR count). The average molecular weight is 360 g/mol. The molecule has 8 nitrogen and oxygen atoms in total. The number of benzene rings is 1. The van der Waals surface area contributed by atoms with E-state index in [1.54, 1.807) is 23.2 Å². The van der Waals surface area contributed by atoms with E-state index in [1.807, 2.05) is 25.5 Å². The molecule has 0 radical (unpaired) electrons. The number of rotatable bonds is 3. The van der Waals surface area contributed by atoms with Crippen LogP contribution in [0.4, 0.5) is 10.5 Å². The number of nitrogens with zero attached hydrogens (tertiary/aromatic N) is 4. The number of carbonyl (C=O) groups is 1. The Morgan fingerprint density at radius 1 is 1.35 bits per heavy atom. The molecule has 26 heavy (non-hydrogen) atoms. The van der Waals surface area contributed by atoms with Crippen LogP contribution in [0.5, 0.6) is 0 Å². The Kier molecular flexibility index (Phi) is 4.84. The Morgan fingerprint density at radius 3 is 2.65 bits per heavy atom. The third-order valence-electron chi connectivity index (χ3n) is 4.54. The second-order valence-electron chi connectivity index (χ2n) is 7.74. The molecular formula is C18H24N4O4. The lowest BCUT2D eigenvalue weighted by atomic mass is 9.97. The Balaban J connectivity index is 1.63. The van der Waals surface area contributed by atoms with Gasteiger partial charge in [0.1, 0.15) is 5.60 Å². The third-order valence-corrected chi connectivity index (χ3v) is 4.54. The molecule has 1 aromatic heterocycles. The number of nitro benzene ring substituents is 1. The molecule has 8 heteroatoms. The van der Waals surface area contributed by atoms with Gasteiger partial charge in [0.25, 0.3) is 5.69 Å². The lowest BCUT2D eigenvalue weighted by molar-refractivity contribution is -0.384. The minimum absolute atomic E-state index is 0.0685. The van der Waals surface area contributed by atoms with Crippen molar-refractivity contribution in [3.05, 3.63) is 34.5 Å². The highest BCUT2D eigenvalue weighted by Gasteiger charge is 2.27. The standard InChI is InChI=1S/C18H24N4O4/c1-18(2,3)26-17(23)20-8-6-13(7-9-20)12-21-16-10-15(22(24)25)5-4-14(16)11-19-21/h4-5,10-11,13H,6-9,12H2,1-3H3. The first-order chi connectivity index (χ1) is 12.2. The zero-order valence-electron chi connectivity index (χ0n) is 15.3. The Bertz CT molecular complexity index is 816. The molecule has 1 fully saturated rings. The van der Waals surface area contributed by atoms with E-state index in [1.165, 1.54) is 6.07 Å². The first-order valence-corrected chi connectivity index (χ1v) is 8.81. The third kappa shape index (κ3) is 4.12. The molecule has 2 heterocycles. The van der Waals surface area contributed by atoms with Gasteiger partial charge in [-0.2, -0.15) is 5.10 Å². The topological polar surface area (TPSA) is 90.5 Å². The van der Waals surface area contributed by atoms with E-state index in [0.29, 0.717) is 25.6 Å². The molecule has 1 amide bonds. The van der Waals surface area contributed by atoms with Crippen LogP contribution in [0.25, 0.3) is 10.9 Å². The SMILES string of the molecule is CC(C)(C)OC(=O)N1CCC(Cn2ncc3ccc([N+](=O)[O-])cc32)CC1. The zero-order valence-corrected chi connectivity index (χ0v) is 15.3. The van der Waals surface area contributed by atoms with E-state index >= 15 is 0 Å². The summed E-state index contributed by atoms with van der Waals surface area (Å²) >= 11 is 0. The van der Waals surface area contributed by atoms with E-state index in [4.69, 9.17) is 4.74 Å². The number of ether oxygens (including phenoxy) is 1. The van der Waals surface area contributed by atoms with Crippen molar-refractivity contribution in [1.82, 2.24) is 14.7 Å². The van der Waals surface area contributed by atoms with Crippen molar-refractivity contribution in [2.45, 2.75) is 45.8 Å². The van der Waals surface area contributed by atoms with Crippen molar-refractivity contribution in [2.24, 2.45) is 5.92 Å². The molecule has 0 N–H and O–H groups in total. The van der Waals surface area contributed by atoms with Crippen LogP contribution in [-0.2, 0) is 11.3 Å². The fraction of sp³-hybridized carbons (Fsp3) is 0.556. The number of carbonyl (C=O) groups excluding carboxylic acids is 1. The van der Waals surface area contributed by atoms with Crippen LogP contribution >= 0.6 is 0 Å². The molecule has 0 bridgehead atoms. The summed E-state index contributed by atoms with van der Waals surface area (Å²) in [5, 5.41) is 16.3. The summed E-state index contributed by atoms with van der Waals surface area (Å²) < 4.78 is 7.25. The van der Waals surface area contributed by atoms with Gasteiger partial charge < -0.3 is 9.64 Å². The number of likely N-dealkylation sites (tertiary alicyclic amines) is 1. The van der Waals surface area contributed by atoms with Gasteiger partial charge >= 0.3 is 6.09 Å². The van der Waals surface area contributed by atoms with Crippen molar-refractivity contribution in [3.63, 3.8) is 0 Å². The van der Waals surface area contributed by atoms with Crippen LogP contribution in [0.15, 0.2) is 24.4 Å². The van der Waals surface area contributed by atoms with Crippen molar-refractivity contribution in [2.75, 3.05) is 13.1 Å². The predicted octanol–water partition coefficient (Wildman–Crippen LogP) is 3.59. The summed E-state index contributed by atoms with van der Waals surface area (Å²) in [4.78, 5) is 24.5. The Labute approximate surface area is 151 Å². The lowest BCUT2D eigenvalue weighted by Crippen LogP contribution is -2.42. The van der Waals surface area contributed by atoms with Gasteiger partial charge in [-0.15, -0.1) is 0 Å². The van der Waals surface area contributed by atoms with Gasteiger partial charge in [0.2, 0.25) is 0 Å². The minimum atomic E-state index is -0.489. The monoisotopic (exact) mass is 360 g/mol. The lowest BCUT2D eigenvalue weighted by Gasteiger charge is -2.33. The highest BCUT2D eigenvalue weighted by Crippen LogP contribution is 2.25. The molecule has 140 valence electrons. The van der Waals surface area contributed by atoms with E-state index in [2.05, 4.69) is 5.10 Å². The van der Waals surface area contributed by atoms with Crippen LogP contribution in [0, 0.1) is 16.0 Å². The van der Waals surface area contributed by atoms with Gasteiger partial charge in [-0.25, -0.2) is 4.79 Å². The van der Waals surface area contributed by atoms with E-state index in [-0.39, 0.29) is 11.8 Å². The van der Waals surface area contributed by atoms with Crippen molar-refractivity contribution in [1.29, 1.82) is 0 Å². The second kappa shape index (κ2) is 6.93. The fourth-order valence-electron chi connectivity index (χ4n) is 3.19. The summed E-state index contributed by atoms with van der Waals surface area (Å²) in [5.41, 5.74) is 0.351. The number of non-ortho nitro benzene ring substituents is 1. The number of piperidine rings is 1. The van der Waals surface area contributed by atoms with Crippen LogP contribution in [-0.4, -0.2) is 44.4 Å². The molecule has 0 spiro atoms. The number of fused-ring (bicyclic) bond motifs is 1. The van der Waals surface area contributed by atoms with Gasteiger partial charge in [0, 0.05) is 37.2 Å². The zero-order chi connectivity index (χ0) is 18.9. The van der Waals surface area contributed by atoms with Crippen LogP contribution in [0.3, 0.4) is 0 Å². The van der Waals surface area contributed by atoms with Crippen LogP contribution in [0.1, 0.15) is 33.6 Å². The predicted molar refractivity (Wildman–Crippen MR) is 96.9 cm³/mol. The molecule has 0 atom stereocenters. The van der Waals surface area contributed by atoms with E-state index in [0.717, 1.165) is 23.7 Å². The Morgan fingerprint density at radius 2 is 2.04 bits per heavy atom.